The number of nitriles is 1. The lowest BCUT2D eigenvalue weighted by Gasteiger charge is -2.30. The normalized spacial score (nSPS) is 17.8. The zero-order valence-corrected chi connectivity index (χ0v) is 16.0. The SMILES string of the molecule is Cc1ccc2c(=O)n(CC(=O)Nc3ncc(F)cn3)nc(O[C@H]3C[C@@H](C#N)C3)c2c1. The van der Waals surface area contributed by atoms with Crippen LogP contribution in [0.4, 0.5) is 10.3 Å². The number of benzene rings is 1. The molecule has 0 saturated heterocycles. The molecule has 9 nitrogen and oxygen atoms in total. The van der Waals surface area contributed by atoms with Gasteiger partial charge in [-0.3, -0.25) is 14.9 Å². The molecule has 1 fully saturated rings. The molecule has 1 saturated carbocycles. The molecule has 0 aliphatic heterocycles. The summed E-state index contributed by atoms with van der Waals surface area (Å²) in [5.41, 5.74) is 0.483. The molecule has 2 aromatic heterocycles. The van der Waals surface area contributed by atoms with Crippen LogP contribution in [0.15, 0.2) is 35.4 Å². The summed E-state index contributed by atoms with van der Waals surface area (Å²) < 4.78 is 19.9. The van der Waals surface area contributed by atoms with Gasteiger partial charge in [-0.1, -0.05) is 11.6 Å². The Bertz CT molecular complexity index is 1210. The molecular weight excluding hydrogens is 391 g/mol. The van der Waals surface area contributed by atoms with E-state index in [-0.39, 0.29) is 23.9 Å². The van der Waals surface area contributed by atoms with Crippen molar-refractivity contribution >= 4 is 22.6 Å². The molecule has 0 atom stereocenters. The van der Waals surface area contributed by atoms with Crippen molar-refractivity contribution in [1.29, 1.82) is 5.26 Å². The van der Waals surface area contributed by atoms with E-state index in [1.807, 2.05) is 6.92 Å². The smallest absolute Gasteiger partial charge is 0.275 e. The third kappa shape index (κ3) is 3.96. The molecule has 1 aliphatic carbocycles. The molecule has 30 heavy (non-hydrogen) atoms. The number of aryl methyl sites for hydroxylation is 1. The molecular formula is C20H17FN6O3. The molecule has 152 valence electrons. The third-order valence-electron chi connectivity index (χ3n) is 4.80. The predicted octanol–water partition coefficient (Wildman–Crippen LogP) is 1.95. The van der Waals surface area contributed by atoms with Crippen LogP contribution < -0.4 is 15.6 Å². The number of fused-ring (bicyclic) bond motifs is 1. The molecule has 0 unspecified atom stereocenters. The van der Waals surface area contributed by atoms with Gasteiger partial charge in [0.1, 0.15) is 12.6 Å². The van der Waals surface area contributed by atoms with E-state index in [0.717, 1.165) is 22.6 Å². The van der Waals surface area contributed by atoms with Crippen LogP contribution >= 0.6 is 0 Å². The van der Waals surface area contributed by atoms with Gasteiger partial charge in [0.25, 0.3) is 5.56 Å². The Morgan fingerprint density at radius 3 is 2.77 bits per heavy atom. The van der Waals surface area contributed by atoms with Gasteiger partial charge in [0, 0.05) is 12.8 Å². The highest BCUT2D eigenvalue weighted by atomic mass is 19.1. The molecule has 10 heteroatoms. The van der Waals surface area contributed by atoms with Crippen LogP contribution in [0.3, 0.4) is 0 Å². The van der Waals surface area contributed by atoms with Gasteiger partial charge in [0.15, 0.2) is 5.82 Å². The van der Waals surface area contributed by atoms with Crippen molar-refractivity contribution in [1.82, 2.24) is 19.7 Å². The minimum absolute atomic E-state index is 0.0459. The number of nitrogens with one attached hydrogen (secondary N) is 1. The first-order chi connectivity index (χ1) is 14.4. The van der Waals surface area contributed by atoms with E-state index < -0.39 is 23.8 Å². The zero-order chi connectivity index (χ0) is 21.3. The maximum Gasteiger partial charge on any atom is 0.275 e. The number of carbonyl (C=O) groups excluding carboxylic acids is 1. The van der Waals surface area contributed by atoms with Crippen LogP contribution in [0.5, 0.6) is 5.88 Å². The van der Waals surface area contributed by atoms with E-state index in [1.54, 1.807) is 18.2 Å². The second kappa shape index (κ2) is 7.87. The average molecular weight is 408 g/mol. The maximum atomic E-state index is 12.9. The Morgan fingerprint density at radius 1 is 1.33 bits per heavy atom. The maximum absolute atomic E-state index is 12.9. The van der Waals surface area contributed by atoms with Gasteiger partial charge in [-0.25, -0.2) is 19.0 Å². The van der Waals surface area contributed by atoms with Crippen LogP contribution in [-0.2, 0) is 11.3 Å². The van der Waals surface area contributed by atoms with E-state index >= 15 is 0 Å². The first-order valence-electron chi connectivity index (χ1n) is 9.28. The summed E-state index contributed by atoms with van der Waals surface area (Å²) in [6.45, 7) is 1.49. The fourth-order valence-electron chi connectivity index (χ4n) is 3.17. The summed E-state index contributed by atoms with van der Waals surface area (Å²) in [4.78, 5) is 32.5. The van der Waals surface area contributed by atoms with E-state index in [2.05, 4.69) is 26.5 Å². The minimum atomic E-state index is -0.632. The monoisotopic (exact) mass is 408 g/mol. The number of carbonyl (C=O) groups is 1. The molecule has 1 amide bonds. The lowest BCUT2D eigenvalue weighted by atomic mass is 9.83. The Hall–Kier alpha value is -3.87. The number of rotatable bonds is 5. The lowest BCUT2D eigenvalue weighted by molar-refractivity contribution is -0.117. The summed E-state index contributed by atoms with van der Waals surface area (Å²) in [5.74, 6) is -1.12. The third-order valence-corrected chi connectivity index (χ3v) is 4.80. The predicted molar refractivity (Wildman–Crippen MR) is 104 cm³/mol. The second-order valence-electron chi connectivity index (χ2n) is 7.13. The van der Waals surface area contributed by atoms with Crippen molar-refractivity contribution < 1.29 is 13.9 Å². The number of hydrogen-bond donors (Lipinski definition) is 1. The Morgan fingerprint density at radius 2 is 2.07 bits per heavy atom. The van der Waals surface area contributed by atoms with Gasteiger partial charge in [-0.2, -0.15) is 5.26 Å². The van der Waals surface area contributed by atoms with E-state index in [1.165, 1.54) is 0 Å². The fraction of sp³-hybridized carbons (Fsp3) is 0.300. The van der Waals surface area contributed by atoms with Crippen LogP contribution in [0.25, 0.3) is 10.8 Å². The van der Waals surface area contributed by atoms with E-state index in [9.17, 15) is 14.0 Å². The Labute approximate surface area is 170 Å². The number of aromatic nitrogens is 4. The molecule has 0 spiro atoms. The summed E-state index contributed by atoms with van der Waals surface area (Å²) >= 11 is 0. The van der Waals surface area contributed by atoms with E-state index in [0.29, 0.717) is 23.6 Å². The molecule has 1 aromatic carbocycles. The summed E-state index contributed by atoms with van der Waals surface area (Å²) in [5, 5.41) is 16.5. The van der Waals surface area contributed by atoms with Crippen molar-refractivity contribution in [2.75, 3.05) is 5.32 Å². The van der Waals surface area contributed by atoms with Crippen molar-refractivity contribution in [3.63, 3.8) is 0 Å². The first-order valence-corrected chi connectivity index (χ1v) is 9.28. The number of nitrogens with zero attached hydrogens (tertiary/aromatic N) is 5. The van der Waals surface area contributed by atoms with Gasteiger partial charge in [-0.05, 0) is 19.1 Å². The highest BCUT2D eigenvalue weighted by Crippen LogP contribution is 2.32. The number of halogens is 1. The average Bonchev–Trinajstić information content (AvgIpc) is 2.69. The van der Waals surface area contributed by atoms with Gasteiger partial charge >= 0.3 is 0 Å². The second-order valence-corrected chi connectivity index (χ2v) is 7.13. The van der Waals surface area contributed by atoms with Gasteiger partial charge in [0.2, 0.25) is 17.7 Å². The Kier molecular flexibility index (Phi) is 5.10. The topological polar surface area (TPSA) is 123 Å². The summed E-state index contributed by atoms with van der Waals surface area (Å²) in [7, 11) is 0. The molecule has 4 rings (SSSR count). The van der Waals surface area contributed by atoms with Crippen molar-refractivity contribution in [2.24, 2.45) is 5.92 Å². The molecule has 3 aromatic rings. The molecule has 0 radical (unpaired) electrons. The number of amides is 1. The first kappa shape index (κ1) is 19.4. The summed E-state index contributed by atoms with van der Waals surface area (Å²) in [6.07, 6.45) is 2.85. The lowest BCUT2D eigenvalue weighted by Crippen LogP contribution is -2.35. The number of hydrogen-bond acceptors (Lipinski definition) is 7. The van der Waals surface area contributed by atoms with Gasteiger partial charge in [-0.15, -0.1) is 5.10 Å². The van der Waals surface area contributed by atoms with Crippen LogP contribution in [-0.4, -0.2) is 31.8 Å². The van der Waals surface area contributed by atoms with Crippen molar-refractivity contribution in [3.8, 4) is 11.9 Å². The van der Waals surface area contributed by atoms with E-state index in [4.69, 9.17) is 10.00 Å². The van der Waals surface area contributed by atoms with Crippen LogP contribution in [0.2, 0.25) is 0 Å². The Balaban J connectivity index is 1.62. The van der Waals surface area contributed by atoms with Gasteiger partial charge in [0.05, 0.1) is 35.2 Å². The molecule has 2 heterocycles. The highest BCUT2D eigenvalue weighted by Gasteiger charge is 2.32. The molecule has 0 bridgehead atoms. The number of ether oxygens (including phenoxy) is 1. The minimum Gasteiger partial charge on any atom is -0.473 e. The molecule has 1 N–H and O–H groups in total. The number of anilines is 1. The zero-order valence-electron chi connectivity index (χ0n) is 16.0. The molecule has 1 aliphatic rings. The largest absolute Gasteiger partial charge is 0.473 e. The van der Waals surface area contributed by atoms with Gasteiger partial charge < -0.3 is 4.74 Å². The van der Waals surface area contributed by atoms with Crippen LogP contribution in [0.1, 0.15) is 18.4 Å². The van der Waals surface area contributed by atoms with Crippen molar-refractivity contribution in [3.05, 3.63) is 52.3 Å². The van der Waals surface area contributed by atoms with Crippen molar-refractivity contribution in [2.45, 2.75) is 32.4 Å². The highest BCUT2D eigenvalue weighted by molar-refractivity contribution is 5.90. The quantitative estimate of drug-likeness (QED) is 0.684. The fourth-order valence-corrected chi connectivity index (χ4v) is 3.17. The summed E-state index contributed by atoms with van der Waals surface area (Å²) in [6, 6.07) is 7.45. The van der Waals surface area contributed by atoms with Crippen LogP contribution in [0, 0.1) is 30.0 Å². The standard InChI is InChI=1S/C20H17FN6O3/c1-11-2-3-15-16(4-11)18(30-14-5-12(6-14)7-22)26-27(19(15)29)10-17(28)25-20-23-8-13(21)9-24-20/h2-4,8-9,12,14H,5-6,10H2,1H3,(H,23,24,25,28)/t12-,14+.